The van der Waals surface area contributed by atoms with Gasteiger partial charge >= 0.3 is 6.03 Å². The predicted octanol–water partition coefficient (Wildman–Crippen LogP) is 3.35. The summed E-state index contributed by atoms with van der Waals surface area (Å²) in [4.78, 5) is 18.3. The van der Waals surface area contributed by atoms with E-state index in [0.717, 1.165) is 27.8 Å². The molecule has 6 nitrogen and oxygen atoms in total. The van der Waals surface area contributed by atoms with Crippen LogP contribution in [0.15, 0.2) is 47.6 Å². The van der Waals surface area contributed by atoms with Crippen molar-refractivity contribution >= 4 is 17.8 Å². The van der Waals surface area contributed by atoms with Crippen LogP contribution in [0.2, 0.25) is 0 Å². The second kappa shape index (κ2) is 8.80. The van der Waals surface area contributed by atoms with Crippen LogP contribution in [-0.4, -0.2) is 48.5 Å². The number of urea groups is 1. The molecule has 26 heavy (non-hydrogen) atoms. The van der Waals surface area contributed by atoms with Crippen LogP contribution in [0.3, 0.4) is 0 Å². The first-order chi connectivity index (χ1) is 12.6. The van der Waals surface area contributed by atoms with Crippen molar-refractivity contribution in [1.82, 2.24) is 15.2 Å². The van der Waals surface area contributed by atoms with Gasteiger partial charge in [0.2, 0.25) is 0 Å². The fourth-order valence-corrected chi connectivity index (χ4v) is 3.31. The number of thioether (sulfide) groups is 1. The van der Waals surface area contributed by atoms with E-state index in [9.17, 15) is 4.79 Å². The average molecular weight is 373 g/mol. The first-order valence-corrected chi connectivity index (χ1v) is 9.58. The van der Waals surface area contributed by atoms with Gasteiger partial charge in [0.15, 0.2) is 11.5 Å². The number of benzene rings is 1. The Kier molecular flexibility index (Phi) is 6.22. The van der Waals surface area contributed by atoms with E-state index in [1.54, 1.807) is 29.9 Å². The van der Waals surface area contributed by atoms with Crippen molar-refractivity contribution in [2.75, 3.05) is 32.6 Å². The Balaban J connectivity index is 1.49. The van der Waals surface area contributed by atoms with Crippen LogP contribution in [0, 0.1) is 0 Å². The van der Waals surface area contributed by atoms with E-state index in [2.05, 4.69) is 10.3 Å². The maximum atomic E-state index is 12.4. The number of aromatic nitrogens is 1. The van der Waals surface area contributed by atoms with Crippen LogP contribution in [0.1, 0.15) is 18.5 Å². The summed E-state index contributed by atoms with van der Waals surface area (Å²) in [6.07, 6.45) is 1.77. The van der Waals surface area contributed by atoms with Crippen LogP contribution in [0.25, 0.3) is 0 Å². The third-order valence-corrected chi connectivity index (χ3v) is 5.16. The number of hydrogen-bond acceptors (Lipinski definition) is 5. The lowest BCUT2D eigenvalue weighted by Gasteiger charge is -2.27. The number of carbonyl (C=O) groups excluding carboxylic acids is 1. The summed E-state index contributed by atoms with van der Waals surface area (Å²) >= 11 is 1.62. The lowest BCUT2D eigenvalue weighted by atomic mass is 10.1. The third-order valence-electron chi connectivity index (χ3n) is 4.22. The van der Waals surface area contributed by atoms with E-state index in [0.29, 0.717) is 19.8 Å². The summed E-state index contributed by atoms with van der Waals surface area (Å²) in [5, 5.41) is 3.91. The fraction of sp³-hybridized carbons (Fsp3) is 0.368. The highest BCUT2D eigenvalue weighted by Gasteiger charge is 2.20. The van der Waals surface area contributed by atoms with Crippen LogP contribution in [0.5, 0.6) is 11.5 Å². The maximum Gasteiger partial charge on any atom is 0.317 e. The molecule has 1 unspecified atom stereocenters. The van der Waals surface area contributed by atoms with Gasteiger partial charge in [0.25, 0.3) is 0 Å². The number of ether oxygens (including phenoxy) is 2. The van der Waals surface area contributed by atoms with Crippen LogP contribution < -0.4 is 14.8 Å². The van der Waals surface area contributed by atoms with E-state index in [1.807, 2.05) is 43.3 Å². The summed E-state index contributed by atoms with van der Waals surface area (Å²) in [7, 11) is 1.79. The minimum Gasteiger partial charge on any atom is -0.486 e. The average Bonchev–Trinajstić information content (AvgIpc) is 2.70. The summed E-state index contributed by atoms with van der Waals surface area (Å²) in [5.74, 6) is 2.27. The van der Waals surface area contributed by atoms with E-state index in [-0.39, 0.29) is 12.1 Å². The molecule has 0 spiro atoms. The highest BCUT2D eigenvalue weighted by molar-refractivity contribution is 7.99. The zero-order valence-electron chi connectivity index (χ0n) is 15.0. The SMILES string of the molecule is CC(c1ccc2c(c1)OCCO2)N(C)C(=O)NCCSc1ccccn1. The second-order valence-corrected chi connectivity index (χ2v) is 7.05. The molecule has 1 atom stereocenters. The van der Waals surface area contributed by atoms with E-state index in [4.69, 9.17) is 9.47 Å². The molecule has 0 bridgehead atoms. The quantitative estimate of drug-likeness (QED) is 0.621. The van der Waals surface area contributed by atoms with Crippen LogP contribution in [-0.2, 0) is 0 Å². The molecule has 7 heteroatoms. The lowest BCUT2D eigenvalue weighted by molar-refractivity contribution is 0.170. The predicted molar refractivity (Wildman–Crippen MR) is 102 cm³/mol. The molecule has 0 fully saturated rings. The number of pyridine rings is 1. The van der Waals surface area contributed by atoms with Gasteiger partial charge in [-0.2, -0.15) is 0 Å². The topological polar surface area (TPSA) is 63.7 Å². The molecule has 1 aliphatic rings. The standard InChI is InChI=1S/C19H23N3O3S/c1-14(15-6-7-16-17(13-15)25-11-10-24-16)22(2)19(23)21-9-12-26-18-5-3-4-8-20-18/h3-8,13-14H,9-12H2,1-2H3,(H,21,23). The van der Waals surface area contributed by atoms with Gasteiger partial charge in [0.1, 0.15) is 13.2 Å². The molecule has 1 aromatic carbocycles. The number of amides is 2. The number of hydrogen-bond donors (Lipinski definition) is 1. The molecular formula is C19H23N3O3S. The Hall–Kier alpha value is -2.41. The van der Waals surface area contributed by atoms with Gasteiger partial charge in [0.05, 0.1) is 11.1 Å². The highest BCUT2D eigenvalue weighted by atomic mass is 32.2. The number of rotatable bonds is 6. The van der Waals surface area contributed by atoms with Crippen molar-refractivity contribution in [2.24, 2.45) is 0 Å². The number of carbonyl (C=O) groups is 1. The van der Waals surface area contributed by atoms with Gasteiger partial charge in [-0.15, -0.1) is 11.8 Å². The Labute approximate surface area is 157 Å². The summed E-state index contributed by atoms with van der Waals surface area (Å²) in [5.41, 5.74) is 1.01. The van der Waals surface area contributed by atoms with Crippen LogP contribution in [0.4, 0.5) is 4.79 Å². The molecule has 0 radical (unpaired) electrons. The van der Waals surface area contributed by atoms with Crippen molar-refractivity contribution in [3.63, 3.8) is 0 Å². The Morgan fingerprint density at radius 1 is 1.27 bits per heavy atom. The Morgan fingerprint density at radius 2 is 2.08 bits per heavy atom. The minimum absolute atomic E-state index is 0.0748. The molecule has 2 aromatic rings. The zero-order chi connectivity index (χ0) is 18.4. The van der Waals surface area contributed by atoms with Crippen molar-refractivity contribution in [2.45, 2.75) is 18.0 Å². The first kappa shape index (κ1) is 18.4. The van der Waals surface area contributed by atoms with Gasteiger partial charge in [-0.25, -0.2) is 9.78 Å². The van der Waals surface area contributed by atoms with Crippen molar-refractivity contribution in [3.05, 3.63) is 48.2 Å². The minimum atomic E-state index is -0.103. The summed E-state index contributed by atoms with van der Waals surface area (Å²) < 4.78 is 11.2. The molecule has 1 aliphatic heterocycles. The smallest absolute Gasteiger partial charge is 0.317 e. The molecule has 2 amide bonds. The third kappa shape index (κ3) is 4.60. The zero-order valence-corrected chi connectivity index (χ0v) is 15.8. The van der Waals surface area contributed by atoms with Gasteiger partial charge in [-0.3, -0.25) is 0 Å². The van der Waals surface area contributed by atoms with Crippen molar-refractivity contribution in [1.29, 1.82) is 0 Å². The van der Waals surface area contributed by atoms with Crippen molar-refractivity contribution in [3.8, 4) is 11.5 Å². The second-order valence-electron chi connectivity index (χ2n) is 5.94. The molecule has 2 heterocycles. The van der Waals surface area contributed by atoms with E-state index < -0.39 is 0 Å². The monoisotopic (exact) mass is 373 g/mol. The van der Waals surface area contributed by atoms with Gasteiger partial charge < -0.3 is 19.7 Å². The van der Waals surface area contributed by atoms with Gasteiger partial charge in [-0.1, -0.05) is 12.1 Å². The Morgan fingerprint density at radius 3 is 2.85 bits per heavy atom. The number of fused-ring (bicyclic) bond motifs is 1. The van der Waals surface area contributed by atoms with Gasteiger partial charge in [0, 0.05) is 25.5 Å². The lowest BCUT2D eigenvalue weighted by Crippen LogP contribution is -2.39. The largest absolute Gasteiger partial charge is 0.486 e. The van der Waals surface area contributed by atoms with Gasteiger partial charge in [-0.05, 0) is 36.8 Å². The van der Waals surface area contributed by atoms with Crippen LogP contribution >= 0.6 is 11.8 Å². The maximum absolute atomic E-state index is 12.4. The molecule has 0 aliphatic carbocycles. The van der Waals surface area contributed by atoms with E-state index in [1.165, 1.54) is 0 Å². The Bertz CT molecular complexity index is 742. The summed E-state index contributed by atoms with van der Waals surface area (Å²) in [6, 6.07) is 11.4. The molecule has 3 rings (SSSR count). The van der Waals surface area contributed by atoms with Crippen molar-refractivity contribution < 1.29 is 14.3 Å². The molecule has 0 saturated heterocycles. The number of nitrogens with one attached hydrogen (secondary N) is 1. The van der Waals surface area contributed by atoms with E-state index >= 15 is 0 Å². The number of nitrogens with zero attached hydrogens (tertiary/aromatic N) is 2. The molecule has 0 saturated carbocycles. The molecule has 1 aromatic heterocycles. The summed E-state index contributed by atoms with van der Waals surface area (Å²) in [6.45, 7) is 3.70. The molecule has 138 valence electrons. The molecular weight excluding hydrogens is 350 g/mol. The fourth-order valence-electron chi connectivity index (χ4n) is 2.59. The normalized spacial score (nSPS) is 13.8. The molecule has 1 N–H and O–H groups in total. The highest BCUT2D eigenvalue weighted by Crippen LogP contribution is 2.33. The first-order valence-electron chi connectivity index (χ1n) is 8.59.